The second kappa shape index (κ2) is 9.92. The van der Waals surface area contributed by atoms with Gasteiger partial charge >= 0.3 is 5.97 Å². The van der Waals surface area contributed by atoms with Crippen LogP contribution in [0.2, 0.25) is 0 Å². The van der Waals surface area contributed by atoms with Crippen LogP contribution in [0.25, 0.3) is 0 Å². The molecule has 3 heterocycles. The Morgan fingerprint density at radius 1 is 1.25 bits per heavy atom. The smallest absolute Gasteiger partial charge is 0.338 e. The molecule has 1 aromatic rings. The highest BCUT2D eigenvalue weighted by Crippen LogP contribution is 2.44. The molecule has 170 valence electrons. The summed E-state index contributed by atoms with van der Waals surface area (Å²) >= 11 is 1.49. The summed E-state index contributed by atoms with van der Waals surface area (Å²) in [5.74, 6) is -0.422. The van der Waals surface area contributed by atoms with Gasteiger partial charge in [0.1, 0.15) is 0 Å². The van der Waals surface area contributed by atoms with Gasteiger partial charge in [-0.15, -0.1) is 0 Å². The summed E-state index contributed by atoms with van der Waals surface area (Å²) in [4.78, 5) is 34.5. The van der Waals surface area contributed by atoms with E-state index in [0.717, 1.165) is 41.6 Å². The zero-order valence-corrected chi connectivity index (χ0v) is 19.7. The van der Waals surface area contributed by atoms with E-state index in [2.05, 4.69) is 21.3 Å². The van der Waals surface area contributed by atoms with Crippen molar-refractivity contribution in [1.82, 2.24) is 15.1 Å². The third kappa shape index (κ3) is 4.76. The van der Waals surface area contributed by atoms with E-state index < -0.39 is 5.97 Å². The van der Waals surface area contributed by atoms with Crippen LogP contribution >= 0.6 is 11.8 Å². The number of hydrogen-bond donors (Lipinski definition) is 1. The van der Waals surface area contributed by atoms with Crippen LogP contribution in [0.3, 0.4) is 0 Å². The van der Waals surface area contributed by atoms with E-state index in [1.54, 1.807) is 0 Å². The van der Waals surface area contributed by atoms with E-state index in [9.17, 15) is 9.59 Å². The molecule has 1 unspecified atom stereocenters. The van der Waals surface area contributed by atoms with Crippen molar-refractivity contribution in [1.29, 1.82) is 0 Å². The first-order valence-corrected chi connectivity index (χ1v) is 11.9. The number of benzene rings is 1. The number of aryl methyl sites for hydroxylation is 1. The number of amidine groups is 1. The number of nitrogens with zero attached hydrogens (tertiary/aromatic N) is 3. The number of carbonyl (C=O) groups excluding carboxylic acids is 2. The average molecular weight is 455 g/mol. The highest BCUT2D eigenvalue weighted by Gasteiger charge is 2.40. The predicted molar refractivity (Wildman–Crippen MR) is 127 cm³/mol. The molecule has 1 saturated heterocycles. The van der Waals surface area contributed by atoms with E-state index in [0.29, 0.717) is 17.8 Å². The zero-order chi connectivity index (χ0) is 22.7. The monoisotopic (exact) mass is 454 g/mol. The Kier molecular flexibility index (Phi) is 7.01. The van der Waals surface area contributed by atoms with Gasteiger partial charge in [-0.1, -0.05) is 41.6 Å². The molecule has 0 radical (unpaired) electrons. The summed E-state index contributed by atoms with van der Waals surface area (Å²) in [5, 5.41) is 5.80. The molecule has 3 aliphatic heterocycles. The lowest BCUT2D eigenvalue weighted by molar-refractivity contribution is -0.136. The van der Waals surface area contributed by atoms with E-state index in [1.165, 1.54) is 31.7 Å². The first kappa shape index (κ1) is 22.6. The average Bonchev–Trinajstić information content (AvgIpc) is 3.42. The highest BCUT2D eigenvalue weighted by atomic mass is 32.2. The second-order valence-electron chi connectivity index (χ2n) is 8.37. The van der Waals surface area contributed by atoms with E-state index in [4.69, 9.17) is 4.74 Å². The van der Waals surface area contributed by atoms with Gasteiger partial charge in [-0.2, -0.15) is 0 Å². The standard InChI is InChI=1S/C24H30N4O3S/c1-16-7-6-8-18(13-16)22-21(23(30)31-3)17(2)26-24-28(22)19(15-32-24)14-20(29)25-9-12-27-10-4-5-11-27/h6-8,13,15,22H,4-5,9-12,14H2,1-3H3,(H,25,29). The van der Waals surface area contributed by atoms with Crippen molar-refractivity contribution >= 4 is 28.8 Å². The Bertz CT molecular complexity index is 995. The predicted octanol–water partition coefficient (Wildman–Crippen LogP) is 3.35. The number of hydrogen-bond acceptors (Lipinski definition) is 7. The van der Waals surface area contributed by atoms with E-state index >= 15 is 0 Å². The molecule has 32 heavy (non-hydrogen) atoms. The molecular weight excluding hydrogens is 424 g/mol. The Morgan fingerprint density at radius 2 is 2.03 bits per heavy atom. The van der Waals surface area contributed by atoms with E-state index in [-0.39, 0.29) is 18.4 Å². The Labute approximate surface area is 193 Å². The fourth-order valence-electron chi connectivity index (χ4n) is 4.48. The van der Waals surface area contributed by atoms with Crippen LogP contribution in [0.1, 0.15) is 43.4 Å². The fraction of sp³-hybridized carbons (Fsp3) is 0.458. The Balaban J connectivity index is 1.54. The van der Waals surface area contributed by atoms with Gasteiger partial charge in [0.05, 0.1) is 30.8 Å². The Morgan fingerprint density at radius 3 is 2.75 bits per heavy atom. The summed E-state index contributed by atoms with van der Waals surface area (Å²) in [6, 6.07) is 7.71. The van der Waals surface area contributed by atoms with Gasteiger partial charge in [0.25, 0.3) is 0 Å². The molecule has 1 aromatic carbocycles. The minimum Gasteiger partial charge on any atom is -0.466 e. The number of methoxy groups -OCH3 is 1. The van der Waals surface area contributed by atoms with Gasteiger partial charge in [-0.05, 0) is 50.8 Å². The number of aliphatic imine (C=N–C) groups is 1. The minimum atomic E-state index is -0.400. The number of allylic oxidation sites excluding steroid dienone is 1. The molecule has 0 saturated carbocycles. The van der Waals surface area contributed by atoms with Gasteiger partial charge in [-0.3, -0.25) is 4.79 Å². The van der Waals surface area contributed by atoms with Crippen LogP contribution in [0.4, 0.5) is 0 Å². The molecule has 0 bridgehead atoms. The van der Waals surface area contributed by atoms with Gasteiger partial charge in [0.2, 0.25) is 5.91 Å². The largest absolute Gasteiger partial charge is 0.466 e. The van der Waals surface area contributed by atoms with Crippen molar-refractivity contribution in [2.45, 2.75) is 39.2 Å². The van der Waals surface area contributed by atoms with E-state index in [1.807, 2.05) is 42.4 Å². The lowest BCUT2D eigenvalue weighted by Gasteiger charge is -2.36. The molecule has 7 nitrogen and oxygen atoms in total. The highest BCUT2D eigenvalue weighted by molar-refractivity contribution is 8.16. The van der Waals surface area contributed by atoms with Gasteiger partial charge in [0.15, 0.2) is 5.17 Å². The third-order valence-corrected chi connectivity index (χ3v) is 6.94. The number of ether oxygens (including phenoxy) is 1. The molecule has 0 aromatic heterocycles. The van der Waals surface area contributed by atoms with Crippen LogP contribution in [-0.4, -0.2) is 60.1 Å². The van der Waals surface area contributed by atoms with Crippen molar-refractivity contribution in [3.05, 3.63) is 57.8 Å². The summed E-state index contributed by atoms with van der Waals surface area (Å²) in [5.41, 5.74) is 4.06. The number of fused-ring (bicyclic) bond motifs is 1. The molecule has 1 fully saturated rings. The van der Waals surface area contributed by atoms with Crippen LogP contribution in [-0.2, 0) is 14.3 Å². The summed E-state index contributed by atoms with van der Waals surface area (Å²) < 4.78 is 5.11. The molecule has 1 N–H and O–H groups in total. The normalized spacial score (nSPS) is 20.7. The van der Waals surface area contributed by atoms with Gasteiger partial charge < -0.3 is 19.9 Å². The third-order valence-electron chi connectivity index (χ3n) is 6.05. The summed E-state index contributed by atoms with van der Waals surface area (Å²) in [7, 11) is 1.39. The van der Waals surface area contributed by atoms with Crippen LogP contribution in [0.5, 0.6) is 0 Å². The molecule has 0 spiro atoms. The maximum absolute atomic E-state index is 12.7. The molecule has 0 aliphatic carbocycles. The molecule has 3 aliphatic rings. The van der Waals surface area contributed by atoms with Crippen molar-refractivity contribution in [2.75, 3.05) is 33.3 Å². The first-order chi connectivity index (χ1) is 15.5. The maximum atomic E-state index is 12.7. The molecular formula is C24H30N4O3S. The second-order valence-corrected chi connectivity index (χ2v) is 9.21. The SMILES string of the molecule is COC(=O)C1=C(C)N=C2SC=C(CC(=O)NCCN3CCCC3)N2C1c1cccc(C)c1. The first-order valence-electron chi connectivity index (χ1n) is 11.1. The number of amides is 1. The van der Waals surface area contributed by atoms with Crippen molar-refractivity contribution in [3.8, 4) is 0 Å². The van der Waals surface area contributed by atoms with Gasteiger partial charge in [-0.25, -0.2) is 9.79 Å². The topological polar surface area (TPSA) is 74.2 Å². The number of rotatable bonds is 7. The maximum Gasteiger partial charge on any atom is 0.338 e. The van der Waals surface area contributed by atoms with Crippen molar-refractivity contribution in [2.24, 2.45) is 4.99 Å². The summed E-state index contributed by atoms with van der Waals surface area (Å²) in [6.07, 6.45) is 2.72. The lowest BCUT2D eigenvalue weighted by Crippen LogP contribution is -2.38. The zero-order valence-electron chi connectivity index (χ0n) is 18.9. The molecule has 8 heteroatoms. The molecule has 4 rings (SSSR count). The molecule has 1 amide bonds. The quantitative estimate of drug-likeness (QED) is 0.637. The number of likely N-dealkylation sites (tertiary alicyclic amines) is 1. The fourth-order valence-corrected chi connectivity index (χ4v) is 5.45. The number of esters is 1. The minimum absolute atomic E-state index is 0.0221. The van der Waals surface area contributed by atoms with Crippen molar-refractivity contribution < 1.29 is 14.3 Å². The molecule has 1 atom stereocenters. The lowest BCUT2D eigenvalue weighted by atomic mass is 9.93. The van der Waals surface area contributed by atoms with Crippen LogP contribution < -0.4 is 5.32 Å². The number of nitrogens with one attached hydrogen (secondary N) is 1. The number of thioether (sulfide) groups is 1. The summed E-state index contributed by atoms with van der Waals surface area (Å²) in [6.45, 7) is 7.63. The van der Waals surface area contributed by atoms with Gasteiger partial charge in [0, 0.05) is 18.8 Å². The Hall–Kier alpha value is -2.58. The van der Waals surface area contributed by atoms with Crippen LogP contribution in [0.15, 0.2) is 51.6 Å². The van der Waals surface area contributed by atoms with Crippen LogP contribution in [0, 0.1) is 6.92 Å². The number of carbonyl (C=O) groups is 2. The van der Waals surface area contributed by atoms with Crippen molar-refractivity contribution in [3.63, 3.8) is 0 Å².